The van der Waals surface area contributed by atoms with Crippen LogP contribution in [0.3, 0.4) is 0 Å². The third-order valence-corrected chi connectivity index (χ3v) is 6.42. The van der Waals surface area contributed by atoms with E-state index in [0.29, 0.717) is 17.7 Å². The molecule has 0 aliphatic carbocycles. The molecule has 0 spiro atoms. The summed E-state index contributed by atoms with van der Waals surface area (Å²) >= 11 is 5.72. The minimum atomic E-state index is -0.0427. The van der Waals surface area contributed by atoms with Crippen LogP contribution >= 0.6 is 12.2 Å². The second-order valence-electron chi connectivity index (χ2n) is 8.23. The summed E-state index contributed by atoms with van der Waals surface area (Å²) in [6.45, 7) is 14.0. The number of aromatic nitrogens is 1. The molecule has 164 valence electrons. The zero-order valence-electron chi connectivity index (χ0n) is 18.6. The summed E-state index contributed by atoms with van der Waals surface area (Å²) in [5.74, 6) is 0. The van der Waals surface area contributed by atoms with Crippen LogP contribution in [0.1, 0.15) is 37.0 Å². The minimum absolute atomic E-state index is 0.0427. The average Bonchev–Trinajstić information content (AvgIpc) is 2.75. The summed E-state index contributed by atoms with van der Waals surface area (Å²) in [6, 6.07) is 6.48. The van der Waals surface area contributed by atoms with Gasteiger partial charge in [0.1, 0.15) is 0 Å². The van der Waals surface area contributed by atoms with Crippen molar-refractivity contribution in [2.24, 2.45) is 0 Å². The number of nitrogens with zero attached hydrogens (tertiary/aromatic N) is 2. The number of hydrogen-bond acceptors (Lipinski definition) is 4. The Balaban J connectivity index is 1.81. The maximum Gasteiger partial charge on any atom is 0.253 e. The molecule has 0 unspecified atom stereocenters. The monoisotopic (exact) mass is 430 g/mol. The van der Waals surface area contributed by atoms with Crippen LogP contribution in [0.15, 0.2) is 23.0 Å². The van der Waals surface area contributed by atoms with Gasteiger partial charge in [-0.3, -0.25) is 9.69 Å². The molecule has 0 amide bonds. The summed E-state index contributed by atoms with van der Waals surface area (Å²) < 4.78 is 5.45. The van der Waals surface area contributed by atoms with Gasteiger partial charge >= 0.3 is 0 Å². The highest BCUT2D eigenvalue weighted by Gasteiger charge is 2.18. The van der Waals surface area contributed by atoms with Crippen molar-refractivity contribution in [3.05, 3.63) is 45.2 Å². The van der Waals surface area contributed by atoms with Crippen LogP contribution in [-0.2, 0) is 11.3 Å². The van der Waals surface area contributed by atoms with Crippen molar-refractivity contribution in [1.29, 1.82) is 0 Å². The van der Waals surface area contributed by atoms with Gasteiger partial charge < -0.3 is 19.9 Å². The lowest BCUT2D eigenvalue weighted by Crippen LogP contribution is -2.48. The normalized spacial score (nSPS) is 15.9. The largest absolute Gasteiger partial charge is 0.379 e. The average molecular weight is 431 g/mol. The fourth-order valence-corrected chi connectivity index (χ4v) is 3.99. The fourth-order valence-electron chi connectivity index (χ4n) is 3.64. The number of thiocarbonyl (C=S) groups is 1. The number of benzene rings is 1. The molecule has 30 heavy (non-hydrogen) atoms. The van der Waals surface area contributed by atoms with Crippen molar-refractivity contribution in [2.75, 3.05) is 39.4 Å². The zero-order valence-corrected chi connectivity index (χ0v) is 19.4. The lowest BCUT2D eigenvalue weighted by atomic mass is 10.0. The Morgan fingerprint density at radius 2 is 2.07 bits per heavy atom. The molecular weight excluding hydrogens is 396 g/mol. The van der Waals surface area contributed by atoms with Crippen LogP contribution in [0.5, 0.6) is 0 Å². The van der Waals surface area contributed by atoms with Gasteiger partial charge in [-0.1, -0.05) is 19.1 Å². The topological polar surface area (TPSA) is 60.6 Å². The molecule has 3 rings (SSSR count). The van der Waals surface area contributed by atoms with E-state index in [4.69, 9.17) is 17.0 Å². The Morgan fingerprint density at radius 1 is 1.33 bits per heavy atom. The first-order valence-electron chi connectivity index (χ1n) is 10.9. The Hall–Kier alpha value is -1.96. The van der Waals surface area contributed by atoms with Crippen LogP contribution in [0.2, 0.25) is 0 Å². The van der Waals surface area contributed by atoms with Crippen molar-refractivity contribution in [3.8, 4) is 0 Å². The van der Waals surface area contributed by atoms with Gasteiger partial charge in [-0.15, -0.1) is 0 Å². The Labute approximate surface area is 184 Å². The van der Waals surface area contributed by atoms with E-state index in [9.17, 15) is 4.79 Å². The molecule has 0 radical (unpaired) electrons. The molecule has 1 aromatic carbocycles. The maximum absolute atomic E-state index is 12.9. The SMILES string of the molecule is CC[C@@H](C)NC(=S)N(CCN1CCOCC1)Cc1cc2ccc(C)c(C)c2[nH]c1=O. The molecule has 7 heteroatoms. The van der Waals surface area contributed by atoms with Gasteiger partial charge in [0.05, 0.1) is 25.3 Å². The quantitative estimate of drug-likeness (QED) is 0.659. The Morgan fingerprint density at radius 3 is 2.77 bits per heavy atom. The molecular formula is C23H34N4O2S. The molecule has 1 atom stereocenters. The predicted octanol–water partition coefficient (Wildman–Crippen LogP) is 2.95. The molecule has 1 fully saturated rings. The van der Waals surface area contributed by atoms with E-state index in [0.717, 1.165) is 67.8 Å². The highest BCUT2D eigenvalue weighted by molar-refractivity contribution is 7.80. The summed E-state index contributed by atoms with van der Waals surface area (Å²) in [6.07, 6.45) is 0.993. The van der Waals surface area contributed by atoms with E-state index in [1.165, 1.54) is 5.56 Å². The van der Waals surface area contributed by atoms with Gasteiger partial charge in [-0.25, -0.2) is 0 Å². The number of ether oxygens (including phenoxy) is 1. The molecule has 2 aromatic rings. The van der Waals surface area contributed by atoms with Crippen molar-refractivity contribution in [2.45, 2.75) is 46.7 Å². The molecule has 1 saturated heterocycles. The third-order valence-electron chi connectivity index (χ3n) is 6.05. The maximum atomic E-state index is 12.9. The highest BCUT2D eigenvalue weighted by atomic mass is 32.1. The van der Waals surface area contributed by atoms with Gasteiger partial charge in [0, 0.05) is 37.8 Å². The molecule has 2 heterocycles. The molecule has 0 bridgehead atoms. The van der Waals surface area contributed by atoms with Crippen molar-refractivity contribution in [1.82, 2.24) is 20.1 Å². The lowest BCUT2D eigenvalue weighted by Gasteiger charge is -2.32. The summed E-state index contributed by atoms with van der Waals surface area (Å²) in [5.41, 5.74) is 3.91. The smallest absolute Gasteiger partial charge is 0.253 e. The number of fused-ring (bicyclic) bond motifs is 1. The molecule has 2 N–H and O–H groups in total. The lowest BCUT2D eigenvalue weighted by molar-refractivity contribution is 0.0357. The Bertz CT molecular complexity index is 937. The zero-order chi connectivity index (χ0) is 21.7. The van der Waals surface area contributed by atoms with E-state index in [-0.39, 0.29) is 5.56 Å². The highest BCUT2D eigenvalue weighted by Crippen LogP contribution is 2.19. The summed E-state index contributed by atoms with van der Waals surface area (Å²) in [4.78, 5) is 20.5. The fraction of sp³-hybridized carbons (Fsp3) is 0.565. The first kappa shape index (κ1) is 22.7. The number of aromatic amines is 1. The van der Waals surface area contributed by atoms with Crippen molar-refractivity contribution in [3.63, 3.8) is 0 Å². The van der Waals surface area contributed by atoms with Crippen LogP contribution in [0.25, 0.3) is 10.9 Å². The van der Waals surface area contributed by atoms with Gasteiger partial charge in [0.25, 0.3) is 5.56 Å². The Kier molecular flexibility index (Phi) is 7.86. The number of H-pyrrole nitrogens is 1. The predicted molar refractivity (Wildman–Crippen MR) is 127 cm³/mol. The van der Waals surface area contributed by atoms with Crippen molar-refractivity contribution < 1.29 is 4.74 Å². The van der Waals surface area contributed by atoms with Gasteiger partial charge in [0.15, 0.2) is 5.11 Å². The number of nitrogens with one attached hydrogen (secondary N) is 2. The number of hydrogen-bond donors (Lipinski definition) is 2. The first-order chi connectivity index (χ1) is 14.4. The number of aryl methyl sites for hydroxylation is 2. The summed E-state index contributed by atoms with van der Waals surface area (Å²) in [7, 11) is 0. The number of rotatable bonds is 7. The number of morpholine rings is 1. The molecule has 0 saturated carbocycles. The van der Waals surface area contributed by atoms with Crippen LogP contribution in [0.4, 0.5) is 0 Å². The summed E-state index contributed by atoms with van der Waals surface area (Å²) in [5, 5.41) is 5.18. The molecule has 6 nitrogen and oxygen atoms in total. The van der Waals surface area contributed by atoms with Crippen LogP contribution in [0, 0.1) is 13.8 Å². The van der Waals surface area contributed by atoms with Gasteiger partial charge in [0.2, 0.25) is 0 Å². The van der Waals surface area contributed by atoms with E-state index in [1.807, 2.05) is 13.0 Å². The van der Waals surface area contributed by atoms with Crippen molar-refractivity contribution >= 4 is 28.2 Å². The molecule has 1 aliphatic heterocycles. The van der Waals surface area contributed by atoms with Crippen LogP contribution in [-0.4, -0.2) is 65.3 Å². The molecule has 1 aliphatic rings. The molecule has 1 aromatic heterocycles. The standard InChI is InChI=1S/C23H34N4O2S/c1-5-17(3)24-23(30)27(9-8-26-10-12-29-13-11-26)15-20-14-19-7-6-16(2)18(4)21(19)25-22(20)28/h6-7,14,17H,5,8-13,15H2,1-4H3,(H,24,30)(H,25,28)/t17-/m1/s1. The van der Waals surface area contributed by atoms with E-state index < -0.39 is 0 Å². The van der Waals surface area contributed by atoms with Crippen LogP contribution < -0.4 is 10.9 Å². The van der Waals surface area contributed by atoms with E-state index >= 15 is 0 Å². The van der Waals surface area contributed by atoms with E-state index in [1.54, 1.807) is 0 Å². The minimum Gasteiger partial charge on any atom is -0.379 e. The first-order valence-corrected chi connectivity index (χ1v) is 11.3. The second kappa shape index (κ2) is 10.4. The second-order valence-corrected chi connectivity index (χ2v) is 8.62. The number of pyridine rings is 1. The van der Waals surface area contributed by atoms with Gasteiger partial charge in [-0.2, -0.15) is 0 Å². The van der Waals surface area contributed by atoms with Gasteiger partial charge in [-0.05, 0) is 62.0 Å². The third kappa shape index (κ3) is 5.59. The van der Waals surface area contributed by atoms with E-state index in [2.05, 4.69) is 53.0 Å².